The van der Waals surface area contributed by atoms with Gasteiger partial charge in [0.05, 0.1) is 6.04 Å². The number of fused-ring (bicyclic) bond motifs is 1. The summed E-state index contributed by atoms with van der Waals surface area (Å²) in [7, 11) is 0. The average Bonchev–Trinajstić information content (AvgIpc) is 3.20. The van der Waals surface area contributed by atoms with Crippen LogP contribution in [0.4, 0.5) is 0 Å². The molecule has 27 heavy (non-hydrogen) atoms. The van der Waals surface area contributed by atoms with Gasteiger partial charge in [-0.25, -0.2) is 0 Å². The first-order valence-corrected chi connectivity index (χ1v) is 9.32. The Labute approximate surface area is 159 Å². The molecule has 2 nitrogen and oxygen atoms in total. The fourth-order valence-corrected chi connectivity index (χ4v) is 3.81. The number of nitrogens with one attached hydrogen (secondary N) is 1. The molecule has 0 saturated carbocycles. The molecule has 0 bridgehead atoms. The summed E-state index contributed by atoms with van der Waals surface area (Å²) in [4.78, 5) is 5.10. The lowest BCUT2D eigenvalue weighted by Gasteiger charge is -2.19. The van der Waals surface area contributed by atoms with Gasteiger partial charge in [-0.3, -0.25) is 4.99 Å². The number of aliphatic imine (C=N–C) groups is 1. The quantitative estimate of drug-likeness (QED) is 0.507. The van der Waals surface area contributed by atoms with E-state index in [9.17, 15) is 0 Å². The van der Waals surface area contributed by atoms with Gasteiger partial charge < -0.3 is 5.32 Å². The third-order valence-electron chi connectivity index (χ3n) is 5.20. The van der Waals surface area contributed by atoms with Crippen LogP contribution in [0.5, 0.6) is 0 Å². The van der Waals surface area contributed by atoms with Crippen molar-refractivity contribution in [2.45, 2.75) is 12.1 Å². The van der Waals surface area contributed by atoms with Gasteiger partial charge in [-0.1, -0.05) is 97.1 Å². The molecule has 2 heteroatoms. The second-order valence-electron chi connectivity index (χ2n) is 6.93. The number of rotatable bonds is 3. The fourth-order valence-electron chi connectivity index (χ4n) is 3.81. The van der Waals surface area contributed by atoms with Crippen molar-refractivity contribution >= 4 is 16.6 Å². The standard InChI is InChI=1S/C25H20N2/c1-3-10-19(11-4-1)23-24(20-12-5-2-6-13-20)27-25(26-23)22-16-15-18-9-7-8-14-21(18)17-22/h1-17,23-24H,(H,26,27)/t23-,24-/m1/s1. The molecule has 0 spiro atoms. The van der Waals surface area contributed by atoms with Gasteiger partial charge in [0.2, 0.25) is 0 Å². The van der Waals surface area contributed by atoms with E-state index in [1.165, 1.54) is 21.9 Å². The van der Waals surface area contributed by atoms with Crippen LogP contribution in [0.25, 0.3) is 10.8 Å². The van der Waals surface area contributed by atoms with Gasteiger partial charge in [0.15, 0.2) is 0 Å². The molecule has 4 aromatic rings. The maximum Gasteiger partial charge on any atom is 0.129 e. The Morgan fingerprint density at radius 2 is 1.22 bits per heavy atom. The second-order valence-corrected chi connectivity index (χ2v) is 6.93. The summed E-state index contributed by atoms with van der Waals surface area (Å²) >= 11 is 0. The van der Waals surface area contributed by atoms with E-state index in [0.29, 0.717) is 0 Å². The minimum atomic E-state index is 0.0649. The molecule has 0 fully saturated rings. The van der Waals surface area contributed by atoms with Crippen LogP contribution in [0.15, 0.2) is 108 Å². The van der Waals surface area contributed by atoms with Crippen LogP contribution in [-0.4, -0.2) is 5.84 Å². The lowest BCUT2D eigenvalue weighted by Crippen LogP contribution is -2.25. The summed E-state index contributed by atoms with van der Waals surface area (Å²) in [6.45, 7) is 0. The van der Waals surface area contributed by atoms with Crippen LogP contribution < -0.4 is 5.32 Å². The SMILES string of the molecule is c1ccc([C@H]2N=C(c3ccc4ccccc4c3)N[C@@H]2c2ccccc2)cc1. The van der Waals surface area contributed by atoms with Crippen molar-refractivity contribution in [1.82, 2.24) is 5.32 Å². The summed E-state index contributed by atoms with van der Waals surface area (Å²) < 4.78 is 0. The zero-order valence-electron chi connectivity index (χ0n) is 14.9. The predicted octanol–water partition coefficient (Wildman–Crippen LogP) is 5.67. The van der Waals surface area contributed by atoms with Crippen LogP contribution >= 0.6 is 0 Å². The highest BCUT2D eigenvalue weighted by atomic mass is 15.1. The number of hydrogen-bond donors (Lipinski definition) is 1. The zero-order valence-corrected chi connectivity index (χ0v) is 14.9. The first-order chi connectivity index (χ1) is 13.4. The van der Waals surface area contributed by atoms with Crippen LogP contribution in [-0.2, 0) is 0 Å². The van der Waals surface area contributed by atoms with Crippen molar-refractivity contribution in [3.63, 3.8) is 0 Å². The van der Waals surface area contributed by atoms with Gasteiger partial charge in [-0.2, -0.15) is 0 Å². The van der Waals surface area contributed by atoms with Crippen molar-refractivity contribution in [2.75, 3.05) is 0 Å². The Hall–Kier alpha value is -3.39. The van der Waals surface area contributed by atoms with E-state index in [1.807, 2.05) is 0 Å². The van der Waals surface area contributed by atoms with E-state index >= 15 is 0 Å². The molecule has 130 valence electrons. The van der Waals surface area contributed by atoms with E-state index in [4.69, 9.17) is 4.99 Å². The molecule has 1 aliphatic rings. The van der Waals surface area contributed by atoms with E-state index in [0.717, 1.165) is 11.4 Å². The van der Waals surface area contributed by atoms with Gasteiger partial charge in [-0.05, 0) is 28.0 Å². The third kappa shape index (κ3) is 3.00. The fraction of sp³-hybridized carbons (Fsp3) is 0.0800. The topological polar surface area (TPSA) is 24.4 Å². The molecule has 1 heterocycles. The van der Waals surface area contributed by atoms with Crippen molar-refractivity contribution in [1.29, 1.82) is 0 Å². The highest BCUT2D eigenvalue weighted by Crippen LogP contribution is 2.37. The van der Waals surface area contributed by atoms with Crippen LogP contribution in [0, 0.1) is 0 Å². The summed E-state index contributed by atoms with van der Waals surface area (Å²) in [5.74, 6) is 0.962. The van der Waals surface area contributed by atoms with Crippen molar-refractivity contribution in [3.05, 3.63) is 120 Å². The third-order valence-corrected chi connectivity index (χ3v) is 5.20. The average molecular weight is 348 g/mol. The number of hydrogen-bond acceptors (Lipinski definition) is 2. The molecule has 1 aliphatic heterocycles. The van der Waals surface area contributed by atoms with Gasteiger partial charge >= 0.3 is 0 Å². The van der Waals surface area contributed by atoms with Gasteiger partial charge in [0, 0.05) is 5.56 Å². The Bertz CT molecular complexity index is 1100. The minimum Gasteiger partial charge on any atom is -0.361 e. The van der Waals surface area contributed by atoms with E-state index in [-0.39, 0.29) is 12.1 Å². The molecule has 0 aromatic heterocycles. The largest absolute Gasteiger partial charge is 0.361 e. The molecule has 0 aliphatic carbocycles. The Morgan fingerprint density at radius 1 is 0.593 bits per heavy atom. The van der Waals surface area contributed by atoms with E-state index < -0.39 is 0 Å². The normalized spacial score (nSPS) is 18.9. The highest BCUT2D eigenvalue weighted by molar-refractivity contribution is 6.03. The molecule has 4 aromatic carbocycles. The maximum atomic E-state index is 5.10. The predicted molar refractivity (Wildman–Crippen MR) is 112 cm³/mol. The van der Waals surface area contributed by atoms with Crippen molar-refractivity contribution in [3.8, 4) is 0 Å². The van der Waals surface area contributed by atoms with Crippen LogP contribution in [0.1, 0.15) is 28.8 Å². The summed E-state index contributed by atoms with van der Waals surface area (Å²) in [5.41, 5.74) is 3.62. The first-order valence-electron chi connectivity index (χ1n) is 9.32. The molecule has 5 rings (SSSR count). The molecule has 0 saturated heterocycles. The van der Waals surface area contributed by atoms with Gasteiger partial charge in [0.1, 0.15) is 11.9 Å². The molecule has 1 N–H and O–H groups in total. The summed E-state index contributed by atoms with van der Waals surface area (Å²) in [6.07, 6.45) is 0. The highest BCUT2D eigenvalue weighted by Gasteiger charge is 2.31. The van der Waals surface area contributed by atoms with E-state index in [2.05, 4.69) is 108 Å². The molecule has 0 unspecified atom stereocenters. The molecular weight excluding hydrogens is 328 g/mol. The maximum absolute atomic E-state index is 5.10. The summed E-state index contributed by atoms with van der Waals surface area (Å²) in [6, 6.07) is 36.3. The first kappa shape index (κ1) is 15.8. The zero-order chi connectivity index (χ0) is 18.1. The molecule has 0 amide bonds. The molecular formula is C25H20N2. The lowest BCUT2D eigenvalue weighted by atomic mass is 9.95. The number of benzene rings is 4. The van der Waals surface area contributed by atoms with Crippen molar-refractivity contribution < 1.29 is 0 Å². The lowest BCUT2D eigenvalue weighted by molar-refractivity contribution is 0.572. The molecule has 0 radical (unpaired) electrons. The van der Waals surface area contributed by atoms with E-state index in [1.54, 1.807) is 0 Å². The van der Waals surface area contributed by atoms with Crippen LogP contribution in [0.2, 0.25) is 0 Å². The Balaban J connectivity index is 1.58. The number of nitrogens with zero attached hydrogens (tertiary/aromatic N) is 1. The summed E-state index contributed by atoms with van der Waals surface area (Å²) in [5, 5.41) is 6.17. The minimum absolute atomic E-state index is 0.0649. The van der Waals surface area contributed by atoms with Gasteiger partial charge in [-0.15, -0.1) is 0 Å². The van der Waals surface area contributed by atoms with Crippen molar-refractivity contribution in [2.24, 2.45) is 4.99 Å². The molecule has 2 atom stereocenters. The number of amidine groups is 1. The van der Waals surface area contributed by atoms with Crippen LogP contribution in [0.3, 0.4) is 0 Å². The smallest absolute Gasteiger partial charge is 0.129 e. The second kappa shape index (κ2) is 6.73. The monoisotopic (exact) mass is 348 g/mol. The van der Waals surface area contributed by atoms with Gasteiger partial charge in [0.25, 0.3) is 0 Å². The Kier molecular flexibility index (Phi) is 3.95. The Morgan fingerprint density at radius 3 is 1.96 bits per heavy atom.